The van der Waals surface area contributed by atoms with Gasteiger partial charge >= 0.3 is 0 Å². The maximum absolute atomic E-state index is 14.2. The molecule has 0 unspecified atom stereocenters. The summed E-state index contributed by atoms with van der Waals surface area (Å²) in [6.07, 6.45) is 7.99. The van der Waals surface area contributed by atoms with Crippen molar-refractivity contribution in [3.8, 4) is 5.75 Å². The van der Waals surface area contributed by atoms with Gasteiger partial charge in [-0.15, -0.1) is 0 Å². The molecule has 11 nitrogen and oxygen atoms in total. The number of nitrogens with one attached hydrogen (secondary N) is 1. The van der Waals surface area contributed by atoms with E-state index in [-0.39, 0.29) is 29.7 Å². The Labute approximate surface area is 257 Å². The molecule has 1 spiro atoms. The number of fused-ring (bicyclic) bond motifs is 3. The monoisotopic (exact) mass is 608 g/mol. The predicted molar refractivity (Wildman–Crippen MR) is 163 cm³/mol. The molecule has 2 fully saturated rings. The minimum Gasteiger partial charge on any atom is -0.510 e. The quantitative estimate of drug-likeness (QED) is 0.252. The zero-order valence-corrected chi connectivity index (χ0v) is 25.9. The number of primary amides is 1. The fraction of sp³-hybridized carbons (Fsp3) is 0.606. The molecule has 1 aromatic rings. The smallest absolute Gasteiger partial charge is 0.255 e. The molecule has 1 aromatic carbocycles. The van der Waals surface area contributed by atoms with Gasteiger partial charge in [-0.25, -0.2) is 0 Å². The summed E-state index contributed by atoms with van der Waals surface area (Å²) >= 11 is 0. The minimum absolute atomic E-state index is 0.0436. The zero-order chi connectivity index (χ0) is 31.9. The summed E-state index contributed by atoms with van der Waals surface area (Å²) in [7, 11) is 6.96. The number of benzene rings is 1. The molecule has 6 rings (SSSR count). The predicted octanol–water partition coefficient (Wildman–Crippen LogP) is 2.25. The molecule has 0 aromatic heterocycles. The van der Waals surface area contributed by atoms with Crippen LogP contribution in [-0.4, -0.2) is 89.2 Å². The lowest BCUT2D eigenvalue weighted by Crippen LogP contribution is -2.63. The maximum Gasteiger partial charge on any atom is 0.255 e. The molecule has 11 heteroatoms. The van der Waals surface area contributed by atoms with Crippen LogP contribution < -0.4 is 16.0 Å². The number of aliphatic hydroxyl groups excluding tert-OH is 2. The van der Waals surface area contributed by atoms with E-state index in [1.54, 1.807) is 19.0 Å². The van der Waals surface area contributed by atoms with Crippen LogP contribution in [0.15, 0.2) is 28.7 Å². The topological polar surface area (TPSA) is 177 Å². The number of carbonyl (C=O) groups excluding carboxylic acids is 3. The van der Waals surface area contributed by atoms with Crippen molar-refractivity contribution in [2.24, 2.45) is 28.9 Å². The number of phenolic OH excluding ortho intramolecular Hbond substituents is 1. The Balaban J connectivity index is 1.36. The van der Waals surface area contributed by atoms with Gasteiger partial charge in [-0.3, -0.25) is 19.3 Å². The van der Waals surface area contributed by atoms with Crippen LogP contribution in [0.1, 0.15) is 66.4 Å². The number of phenols is 1. The molecule has 0 radical (unpaired) electrons. The second-order valence-corrected chi connectivity index (χ2v) is 14.2. The lowest BCUT2D eigenvalue weighted by Gasteiger charge is -2.50. The van der Waals surface area contributed by atoms with Crippen molar-refractivity contribution in [2.45, 2.75) is 69.6 Å². The first-order chi connectivity index (χ1) is 20.7. The fourth-order valence-corrected chi connectivity index (χ4v) is 8.47. The van der Waals surface area contributed by atoms with E-state index < -0.39 is 58.0 Å². The molecular formula is C33H44N4O7. The largest absolute Gasteiger partial charge is 0.510 e. The number of ketones is 2. The van der Waals surface area contributed by atoms with E-state index >= 15 is 0 Å². The molecule has 0 aliphatic heterocycles. The molecular weight excluding hydrogens is 564 g/mol. The summed E-state index contributed by atoms with van der Waals surface area (Å²) in [6.45, 7) is 1.17. The average Bonchev–Trinajstić information content (AvgIpc) is 3.71. The number of hydrogen-bond acceptors (Lipinski definition) is 10. The van der Waals surface area contributed by atoms with Gasteiger partial charge in [0.05, 0.1) is 11.6 Å². The Kier molecular flexibility index (Phi) is 7.37. The Bertz CT molecular complexity index is 1500. The molecule has 0 heterocycles. The summed E-state index contributed by atoms with van der Waals surface area (Å²) in [5.74, 6) is -5.84. The minimum atomic E-state index is -2.65. The third kappa shape index (κ3) is 4.54. The lowest BCUT2D eigenvalue weighted by atomic mass is 9.58. The normalized spacial score (nSPS) is 29.5. The summed E-state index contributed by atoms with van der Waals surface area (Å²) in [4.78, 5) is 43.4. The maximum atomic E-state index is 14.2. The van der Waals surface area contributed by atoms with Crippen LogP contribution in [0.25, 0.3) is 0 Å². The Morgan fingerprint density at radius 3 is 2.30 bits per heavy atom. The Morgan fingerprint density at radius 2 is 1.73 bits per heavy atom. The second kappa shape index (κ2) is 10.6. The van der Waals surface area contributed by atoms with Crippen LogP contribution in [0, 0.1) is 23.2 Å². The van der Waals surface area contributed by atoms with Crippen molar-refractivity contribution in [2.75, 3.05) is 39.6 Å². The molecule has 1 amide bonds. The average molecular weight is 609 g/mol. The molecule has 0 saturated heterocycles. The van der Waals surface area contributed by atoms with Gasteiger partial charge in [0.15, 0.2) is 11.4 Å². The van der Waals surface area contributed by atoms with Crippen molar-refractivity contribution in [1.29, 1.82) is 0 Å². The highest BCUT2D eigenvalue weighted by atomic mass is 16.3. The number of carbonyl (C=O) groups is 3. The van der Waals surface area contributed by atoms with Crippen molar-refractivity contribution < 1.29 is 34.8 Å². The molecule has 4 atom stereocenters. The summed E-state index contributed by atoms with van der Waals surface area (Å²) < 4.78 is 0. The summed E-state index contributed by atoms with van der Waals surface area (Å²) in [5.41, 5.74) is 4.41. The Hall–Kier alpha value is -3.41. The van der Waals surface area contributed by atoms with Crippen molar-refractivity contribution >= 4 is 23.2 Å². The number of amides is 1. The van der Waals surface area contributed by atoms with Crippen molar-refractivity contribution in [3.63, 3.8) is 0 Å². The Morgan fingerprint density at radius 1 is 1.07 bits per heavy atom. The molecule has 238 valence electrons. The number of nitrogens with two attached hydrogens (primary N) is 1. The zero-order valence-electron chi connectivity index (χ0n) is 25.9. The van der Waals surface area contributed by atoms with Gasteiger partial charge in [0.1, 0.15) is 22.8 Å². The first-order valence-corrected chi connectivity index (χ1v) is 15.6. The van der Waals surface area contributed by atoms with Gasteiger partial charge < -0.3 is 36.4 Å². The molecule has 7 N–H and O–H groups in total. The number of anilines is 1. The van der Waals surface area contributed by atoms with E-state index in [1.807, 2.05) is 25.1 Å². The van der Waals surface area contributed by atoms with Crippen LogP contribution in [0.3, 0.4) is 0 Å². The van der Waals surface area contributed by atoms with Crippen LogP contribution >= 0.6 is 0 Å². The van der Waals surface area contributed by atoms with E-state index in [2.05, 4.69) is 5.32 Å². The van der Waals surface area contributed by atoms with Gasteiger partial charge in [-0.2, -0.15) is 0 Å². The molecule has 0 bridgehead atoms. The summed E-state index contributed by atoms with van der Waals surface area (Å²) in [5, 5.41) is 49.4. The number of aromatic hydroxyl groups is 1. The van der Waals surface area contributed by atoms with Gasteiger partial charge in [0.25, 0.3) is 5.91 Å². The van der Waals surface area contributed by atoms with Gasteiger partial charge in [-0.05, 0) is 101 Å². The molecule has 5 aliphatic carbocycles. The van der Waals surface area contributed by atoms with E-state index in [0.29, 0.717) is 29.0 Å². The van der Waals surface area contributed by atoms with Crippen molar-refractivity contribution in [1.82, 2.24) is 10.2 Å². The van der Waals surface area contributed by atoms with Crippen LogP contribution in [-0.2, 0) is 22.6 Å². The standard InChI is InChI=1S/C33H44N4O7/c1-36(2)21-13-18(15-35-14-16-5-7-32(8-6-16)9-10-32)26(38)23-19(21)11-17-12-20-25(37(3)4)28(40)24(31(34)43)30(42)33(20,44)29(41)22(17)27(23)39/h13,16-17,20,25,35,38,40-41,44H,5-12,14-15H2,1-4H3,(H2,34,43)/t17-,20-,25-,33-/m0/s1. The molecule has 5 aliphatic rings. The van der Waals surface area contributed by atoms with E-state index in [0.717, 1.165) is 12.2 Å². The highest BCUT2D eigenvalue weighted by Crippen LogP contribution is 2.57. The van der Waals surface area contributed by atoms with Crippen molar-refractivity contribution in [3.05, 3.63) is 45.4 Å². The first kappa shape index (κ1) is 30.6. The number of likely N-dealkylation sites (N-methyl/N-ethyl adjacent to an activating group) is 1. The molecule has 2 saturated carbocycles. The van der Waals surface area contributed by atoms with Crippen LogP contribution in [0.4, 0.5) is 5.69 Å². The van der Waals surface area contributed by atoms with Crippen LogP contribution in [0.2, 0.25) is 0 Å². The van der Waals surface area contributed by atoms with Gasteiger partial charge in [0.2, 0.25) is 5.78 Å². The third-order valence-electron chi connectivity index (χ3n) is 11.1. The van der Waals surface area contributed by atoms with Crippen LogP contribution in [0.5, 0.6) is 5.75 Å². The summed E-state index contributed by atoms with van der Waals surface area (Å²) in [6, 6.07) is 0.873. The third-order valence-corrected chi connectivity index (χ3v) is 11.1. The highest BCUT2D eigenvalue weighted by Gasteiger charge is 2.63. The van der Waals surface area contributed by atoms with Gasteiger partial charge in [-0.1, -0.05) is 0 Å². The number of Topliss-reactive ketones (excluding diaryl/α,β-unsaturated/α-hetero) is 2. The first-order valence-electron chi connectivity index (χ1n) is 15.6. The van der Waals surface area contributed by atoms with E-state index in [9.17, 15) is 34.8 Å². The number of nitrogens with zero attached hydrogens (tertiary/aromatic N) is 2. The fourth-order valence-electron chi connectivity index (χ4n) is 8.47. The SMILES string of the molecule is CN(C)c1cc(CNCC2CCC3(CC2)CC3)c(O)c2c1C[C@H]1C[C@H]3[C@H](N(C)C)C(O)=C(C(N)=O)C(=O)[C@@]3(O)C(O)=C1C2=O. The highest BCUT2D eigenvalue weighted by molar-refractivity contribution is 6.25. The number of allylic oxidation sites excluding steroid dienone is 1. The van der Waals surface area contributed by atoms with E-state index in [4.69, 9.17) is 5.73 Å². The number of hydrogen-bond donors (Lipinski definition) is 6. The van der Waals surface area contributed by atoms with E-state index in [1.165, 1.54) is 38.5 Å². The molecule has 44 heavy (non-hydrogen) atoms. The van der Waals surface area contributed by atoms with Gasteiger partial charge in [0, 0.05) is 43.4 Å². The lowest BCUT2D eigenvalue weighted by molar-refractivity contribution is -0.148. The second-order valence-electron chi connectivity index (χ2n) is 14.2. The number of aliphatic hydroxyl groups is 3. The number of rotatable bonds is 7.